The Balaban J connectivity index is 1.53. The number of halogens is 1. The molecule has 2 aromatic rings. The summed E-state index contributed by atoms with van der Waals surface area (Å²) in [7, 11) is 0. The summed E-state index contributed by atoms with van der Waals surface area (Å²) in [6.07, 6.45) is 13.6. The SMILES string of the molecule is CCCC/C=C\C[C@H]1C(=O)C(C)(C)C[C@@H]1/C=C/C(CCc1sc2ccccc2c1Cl)OC1O[C@H](C)C(C)[C@H](C)C1O. The number of Topliss-reactive ketones (excluding diaryl/α,β-unsaturated/α-hetero) is 1. The quantitative estimate of drug-likeness (QED) is 0.195. The molecule has 2 heterocycles. The van der Waals surface area contributed by atoms with E-state index < -0.39 is 12.4 Å². The Morgan fingerprint density at radius 3 is 2.68 bits per heavy atom. The number of ketones is 1. The molecular weight excluding hydrogens is 552 g/mol. The molecule has 1 saturated heterocycles. The Bertz CT molecular complexity index is 1220. The molecule has 4 nitrogen and oxygen atoms in total. The van der Waals surface area contributed by atoms with Crippen LogP contribution in [0.4, 0.5) is 0 Å². The van der Waals surface area contributed by atoms with E-state index >= 15 is 0 Å². The molecule has 4 rings (SSSR count). The van der Waals surface area contributed by atoms with Gasteiger partial charge in [-0.15, -0.1) is 11.3 Å². The van der Waals surface area contributed by atoms with Crippen molar-refractivity contribution < 1.29 is 19.4 Å². The van der Waals surface area contributed by atoms with E-state index in [1.807, 2.05) is 12.1 Å². The number of benzene rings is 1. The van der Waals surface area contributed by atoms with Crippen LogP contribution in [0, 0.1) is 29.1 Å². The van der Waals surface area contributed by atoms with Crippen LogP contribution in [0.5, 0.6) is 0 Å². The highest BCUT2D eigenvalue weighted by molar-refractivity contribution is 7.19. The Morgan fingerprint density at radius 2 is 1.95 bits per heavy atom. The lowest BCUT2D eigenvalue weighted by molar-refractivity contribution is -0.275. The van der Waals surface area contributed by atoms with Gasteiger partial charge in [0.1, 0.15) is 11.9 Å². The fourth-order valence-electron chi connectivity index (χ4n) is 6.36. The van der Waals surface area contributed by atoms with Crippen LogP contribution < -0.4 is 0 Å². The number of aliphatic hydroxyl groups excluding tert-OH is 1. The van der Waals surface area contributed by atoms with Gasteiger partial charge in [-0.05, 0) is 62.8 Å². The fraction of sp³-hybridized carbons (Fsp3) is 0.629. The molecule has 4 unspecified atom stereocenters. The number of unbranched alkanes of at least 4 members (excludes halogenated alkanes) is 2. The average molecular weight is 601 g/mol. The summed E-state index contributed by atoms with van der Waals surface area (Å²) >= 11 is 8.51. The summed E-state index contributed by atoms with van der Waals surface area (Å²) in [6, 6.07) is 8.23. The van der Waals surface area contributed by atoms with Gasteiger partial charge in [0.05, 0.1) is 17.2 Å². The third-order valence-corrected chi connectivity index (χ3v) is 11.2. The third-order valence-electron chi connectivity index (χ3n) is 9.42. The molecule has 0 amide bonds. The van der Waals surface area contributed by atoms with Crippen LogP contribution in [-0.4, -0.2) is 35.5 Å². The van der Waals surface area contributed by atoms with Crippen LogP contribution in [0.3, 0.4) is 0 Å². The van der Waals surface area contributed by atoms with Crippen molar-refractivity contribution >= 4 is 38.8 Å². The van der Waals surface area contributed by atoms with Gasteiger partial charge < -0.3 is 14.6 Å². The molecular formula is C35H49ClO4S. The number of aliphatic hydroxyl groups is 1. The van der Waals surface area contributed by atoms with E-state index in [9.17, 15) is 9.90 Å². The van der Waals surface area contributed by atoms with Gasteiger partial charge in [0, 0.05) is 26.3 Å². The van der Waals surface area contributed by atoms with Crippen LogP contribution in [0.15, 0.2) is 48.6 Å². The van der Waals surface area contributed by atoms with E-state index in [0.717, 1.165) is 41.0 Å². The summed E-state index contributed by atoms with van der Waals surface area (Å²) in [4.78, 5) is 14.5. The van der Waals surface area contributed by atoms with Crippen molar-refractivity contribution in [2.24, 2.45) is 29.1 Å². The minimum absolute atomic E-state index is 0.00259. The average Bonchev–Trinajstić information content (AvgIpc) is 3.38. The Labute approximate surface area is 256 Å². The van der Waals surface area contributed by atoms with Crippen LogP contribution in [0.1, 0.15) is 84.9 Å². The van der Waals surface area contributed by atoms with Crippen molar-refractivity contribution in [3.63, 3.8) is 0 Å². The van der Waals surface area contributed by atoms with Gasteiger partial charge in [-0.2, -0.15) is 0 Å². The minimum atomic E-state index is -0.696. The van der Waals surface area contributed by atoms with Crippen molar-refractivity contribution in [2.75, 3.05) is 0 Å². The molecule has 1 aromatic heterocycles. The molecule has 0 radical (unpaired) electrons. The largest absolute Gasteiger partial charge is 0.388 e. The molecule has 226 valence electrons. The predicted molar refractivity (Wildman–Crippen MR) is 172 cm³/mol. The lowest BCUT2D eigenvalue weighted by atomic mass is 9.84. The Kier molecular flexibility index (Phi) is 11.3. The van der Waals surface area contributed by atoms with Crippen molar-refractivity contribution in [1.82, 2.24) is 0 Å². The number of rotatable bonds is 12. The van der Waals surface area contributed by atoms with Gasteiger partial charge in [0.15, 0.2) is 6.29 Å². The number of aryl methyl sites for hydroxylation is 1. The number of hydrogen-bond donors (Lipinski definition) is 1. The molecule has 41 heavy (non-hydrogen) atoms. The molecule has 0 spiro atoms. The number of ether oxygens (including phenoxy) is 2. The number of fused-ring (bicyclic) bond motifs is 1. The van der Waals surface area contributed by atoms with E-state index in [1.165, 1.54) is 17.5 Å². The first-order valence-corrected chi connectivity index (χ1v) is 16.8. The summed E-state index contributed by atoms with van der Waals surface area (Å²) in [5.74, 6) is 0.803. The van der Waals surface area contributed by atoms with Crippen LogP contribution in [0.2, 0.25) is 5.02 Å². The highest BCUT2D eigenvalue weighted by atomic mass is 35.5. The smallest absolute Gasteiger partial charge is 0.184 e. The van der Waals surface area contributed by atoms with Crippen LogP contribution >= 0.6 is 22.9 Å². The normalized spacial score (nSPS) is 31.1. The summed E-state index contributed by atoms with van der Waals surface area (Å²) in [6.45, 7) is 12.6. The van der Waals surface area contributed by atoms with E-state index in [-0.39, 0.29) is 41.3 Å². The maximum Gasteiger partial charge on any atom is 0.184 e. The zero-order chi connectivity index (χ0) is 29.7. The second-order valence-corrected chi connectivity index (χ2v) is 14.4. The zero-order valence-corrected chi connectivity index (χ0v) is 27.2. The lowest BCUT2D eigenvalue weighted by Gasteiger charge is -2.42. The zero-order valence-electron chi connectivity index (χ0n) is 25.6. The van der Waals surface area contributed by atoms with E-state index in [1.54, 1.807) is 11.3 Å². The van der Waals surface area contributed by atoms with Gasteiger partial charge in [-0.25, -0.2) is 0 Å². The molecule has 2 aliphatic rings. The van der Waals surface area contributed by atoms with E-state index in [4.69, 9.17) is 21.1 Å². The molecule has 8 atom stereocenters. The molecule has 1 aromatic carbocycles. The second kappa shape index (κ2) is 14.3. The maximum absolute atomic E-state index is 13.3. The maximum atomic E-state index is 13.3. The van der Waals surface area contributed by atoms with Crippen molar-refractivity contribution in [3.05, 3.63) is 58.5 Å². The van der Waals surface area contributed by atoms with E-state index in [2.05, 4.69) is 78.0 Å². The van der Waals surface area contributed by atoms with Crippen molar-refractivity contribution in [3.8, 4) is 0 Å². The van der Waals surface area contributed by atoms with Gasteiger partial charge >= 0.3 is 0 Å². The lowest BCUT2D eigenvalue weighted by Crippen LogP contribution is -2.50. The first-order chi connectivity index (χ1) is 19.5. The number of allylic oxidation sites excluding steroid dienone is 3. The van der Waals surface area contributed by atoms with Crippen LogP contribution in [-0.2, 0) is 20.7 Å². The topological polar surface area (TPSA) is 55.8 Å². The molecule has 6 heteroatoms. The first-order valence-electron chi connectivity index (χ1n) is 15.6. The molecule has 1 aliphatic carbocycles. The predicted octanol–water partition coefficient (Wildman–Crippen LogP) is 9.17. The number of hydrogen-bond acceptors (Lipinski definition) is 5. The standard InChI is InChI=1S/C35H49ClO4S/c1-7-8-9-10-11-14-27-25(21-35(5,6)33(27)38)17-18-26(40-34-32(37)23(3)22(2)24(4)39-34)19-20-30-31(36)28-15-12-13-16-29(28)41-30/h10-13,15-18,22-27,32,34,37H,7-9,14,19-21H2,1-6H3/b11-10-,18-17+/t22?,23-,24+,25-,26?,27+,32?,34?/m0/s1. The molecule has 1 saturated carbocycles. The van der Waals surface area contributed by atoms with Gasteiger partial charge in [0.2, 0.25) is 0 Å². The van der Waals surface area contributed by atoms with Crippen LogP contribution in [0.25, 0.3) is 10.1 Å². The first kappa shape index (κ1) is 32.4. The van der Waals surface area contributed by atoms with Gasteiger partial charge in [0.25, 0.3) is 0 Å². The Hall–Kier alpha value is -1.50. The minimum Gasteiger partial charge on any atom is -0.388 e. The van der Waals surface area contributed by atoms with Crippen molar-refractivity contribution in [1.29, 1.82) is 0 Å². The highest BCUT2D eigenvalue weighted by Gasteiger charge is 2.45. The fourth-order valence-corrected chi connectivity index (χ4v) is 7.90. The monoisotopic (exact) mass is 600 g/mol. The number of thiophene rings is 1. The van der Waals surface area contributed by atoms with Gasteiger partial charge in [-0.1, -0.05) is 102 Å². The summed E-state index contributed by atoms with van der Waals surface area (Å²) in [5.41, 5.74) is -0.332. The summed E-state index contributed by atoms with van der Waals surface area (Å²) < 4.78 is 13.9. The number of carbonyl (C=O) groups is 1. The Morgan fingerprint density at radius 1 is 1.20 bits per heavy atom. The van der Waals surface area contributed by atoms with Gasteiger partial charge in [-0.3, -0.25) is 4.79 Å². The molecule has 1 aliphatic heterocycles. The molecule has 1 N–H and O–H groups in total. The third kappa shape index (κ3) is 7.72. The number of carbonyl (C=O) groups excluding carboxylic acids is 1. The second-order valence-electron chi connectivity index (χ2n) is 12.9. The summed E-state index contributed by atoms with van der Waals surface area (Å²) in [5, 5.41) is 12.9. The molecule has 0 bridgehead atoms. The molecule has 2 fully saturated rings. The van der Waals surface area contributed by atoms with Crippen molar-refractivity contribution in [2.45, 2.75) is 111 Å². The highest BCUT2D eigenvalue weighted by Crippen LogP contribution is 2.45. The van der Waals surface area contributed by atoms with E-state index in [0.29, 0.717) is 12.2 Å².